The third-order valence-electron chi connectivity index (χ3n) is 4.26. The Kier molecular flexibility index (Phi) is 5.28. The highest BCUT2D eigenvalue weighted by molar-refractivity contribution is 7.15. The molecule has 0 atom stereocenters. The summed E-state index contributed by atoms with van der Waals surface area (Å²) in [6.07, 6.45) is 3.11. The highest BCUT2D eigenvalue weighted by Crippen LogP contribution is 2.23. The monoisotopic (exact) mass is 427 g/mol. The third kappa shape index (κ3) is 3.85. The van der Waals surface area contributed by atoms with Crippen LogP contribution >= 0.6 is 22.9 Å². The Morgan fingerprint density at radius 1 is 1.17 bits per heavy atom. The van der Waals surface area contributed by atoms with Gasteiger partial charge in [0.1, 0.15) is 19.0 Å². The minimum absolute atomic E-state index is 0.0581. The number of hydrogen-bond donors (Lipinski definition) is 0. The van der Waals surface area contributed by atoms with Gasteiger partial charge in [0.2, 0.25) is 5.69 Å². The van der Waals surface area contributed by atoms with Crippen LogP contribution in [0.4, 0.5) is 0 Å². The highest BCUT2D eigenvalue weighted by Gasteiger charge is 2.32. The SMILES string of the molecule is O=C(OCc1ccccc1)C(=O)c1c([O-])[n+]2ccccc2n1Cc1cnc(Cl)s1. The molecule has 3 heterocycles. The van der Waals surface area contributed by atoms with Crippen molar-refractivity contribution in [3.63, 3.8) is 0 Å². The van der Waals surface area contributed by atoms with Crippen molar-refractivity contribution in [2.24, 2.45) is 0 Å². The summed E-state index contributed by atoms with van der Waals surface area (Å²) < 4.78 is 8.28. The number of rotatable bonds is 6. The van der Waals surface area contributed by atoms with E-state index in [0.717, 1.165) is 10.4 Å². The average molecular weight is 428 g/mol. The van der Waals surface area contributed by atoms with Crippen LogP contribution < -0.4 is 9.51 Å². The Bertz CT molecular complexity index is 1200. The summed E-state index contributed by atoms with van der Waals surface area (Å²) in [5, 5.41) is 12.8. The van der Waals surface area contributed by atoms with E-state index >= 15 is 0 Å². The van der Waals surface area contributed by atoms with Crippen molar-refractivity contribution in [3.8, 4) is 5.88 Å². The van der Waals surface area contributed by atoms with Crippen LogP contribution in [0.15, 0.2) is 60.9 Å². The first-order valence-corrected chi connectivity index (χ1v) is 9.79. The number of imidazole rings is 1. The normalized spacial score (nSPS) is 10.9. The number of nitrogens with zero attached hydrogens (tertiary/aromatic N) is 3. The topological polar surface area (TPSA) is 88.4 Å². The van der Waals surface area contributed by atoms with E-state index in [1.165, 1.54) is 20.3 Å². The molecule has 0 bridgehead atoms. The first-order valence-electron chi connectivity index (χ1n) is 8.60. The lowest BCUT2D eigenvalue weighted by atomic mass is 10.2. The van der Waals surface area contributed by atoms with Crippen molar-refractivity contribution in [3.05, 3.63) is 81.5 Å². The van der Waals surface area contributed by atoms with Crippen molar-refractivity contribution in [2.75, 3.05) is 0 Å². The van der Waals surface area contributed by atoms with Crippen LogP contribution in [0.5, 0.6) is 5.88 Å². The zero-order chi connectivity index (χ0) is 20.4. The molecule has 0 saturated heterocycles. The second-order valence-electron chi connectivity index (χ2n) is 6.14. The minimum atomic E-state index is -1.09. The van der Waals surface area contributed by atoms with E-state index in [2.05, 4.69) is 4.98 Å². The zero-order valence-corrected chi connectivity index (χ0v) is 16.5. The second kappa shape index (κ2) is 8.02. The molecule has 4 aromatic rings. The van der Waals surface area contributed by atoms with Gasteiger partial charge in [0.25, 0.3) is 5.65 Å². The molecule has 0 radical (unpaired) electrons. The Labute approximate surface area is 174 Å². The highest BCUT2D eigenvalue weighted by atomic mass is 35.5. The average Bonchev–Trinajstić information content (AvgIpc) is 3.28. The zero-order valence-electron chi connectivity index (χ0n) is 14.9. The molecule has 0 saturated carbocycles. The number of aromatic nitrogens is 3. The maximum Gasteiger partial charge on any atom is 0.384 e. The van der Waals surface area contributed by atoms with Crippen molar-refractivity contribution in [1.29, 1.82) is 0 Å². The van der Waals surface area contributed by atoms with Gasteiger partial charge in [-0.25, -0.2) is 18.7 Å². The van der Waals surface area contributed by atoms with Crippen molar-refractivity contribution < 1.29 is 23.8 Å². The van der Waals surface area contributed by atoms with E-state index in [4.69, 9.17) is 16.3 Å². The van der Waals surface area contributed by atoms with Gasteiger partial charge in [0.05, 0.1) is 11.1 Å². The number of ether oxygens (including phenoxy) is 1. The van der Waals surface area contributed by atoms with Gasteiger partial charge in [-0.1, -0.05) is 48.0 Å². The van der Waals surface area contributed by atoms with Crippen LogP contribution in [0, 0.1) is 0 Å². The smallest absolute Gasteiger partial charge is 0.384 e. The molecule has 0 aliphatic heterocycles. The number of carbonyl (C=O) groups excluding carboxylic acids is 2. The fourth-order valence-corrected chi connectivity index (χ4v) is 3.91. The van der Waals surface area contributed by atoms with Crippen molar-refractivity contribution in [1.82, 2.24) is 9.55 Å². The number of esters is 1. The Morgan fingerprint density at radius 3 is 2.66 bits per heavy atom. The number of carbonyl (C=O) groups is 2. The second-order valence-corrected chi connectivity index (χ2v) is 7.84. The van der Waals surface area contributed by atoms with Crippen molar-refractivity contribution in [2.45, 2.75) is 13.2 Å². The van der Waals surface area contributed by atoms with E-state index < -0.39 is 17.6 Å². The molecule has 0 fully saturated rings. The van der Waals surface area contributed by atoms with Gasteiger partial charge in [-0.3, -0.25) is 4.79 Å². The quantitative estimate of drug-likeness (QED) is 0.204. The van der Waals surface area contributed by atoms with Crippen LogP contribution in [-0.2, 0) is 22.7 Å². The largest absolute Gasteiger partial charge is 0.839 e. The molecule has 9 heteroatoms. The van der Waals surface area contributed by atoms with Gasteiger partial charge < -0.3 is 9.84 Å². The third-order valence-corrected chi connectivity index (χ3v) is 5.36. The number of ketones is 1. The molecule has 0 amide bonds. The molecule has 0 aliphatic carbocycles. The number of thiazole rings is 1. The molecular formula is C20H14ClN3O4S. The maximum atomic E-state index is 12.8. The van der Waals surface area contributed by atoms with E-state index in [9.17, 15) is 14.7 Å². The summed E-state index contributed by atoms with van der Waals surface area (Å²) in [5.74, 6) is -2.67. The molecule has 0 spiro atoms. The Balaban J connectivity index is 1.68. The van der Waals surface area contributed by atoms with Gasteiger partial charge in [-0.05, 0) is 11.6 Å². The van der Waals surface area contributed by atoms with E-state index in [-0.39, 0.29) is 18.8 Å². The number of halogens is 1. The predicted molar refractivity (Wildman–Crippen MR) is 104 cm³/mol. The van der Waals surface area contributed by atoms with Crippen LogP contribution in [0.2, 0.25) is 4.47 Å². The number of Topliss-reactive ketones (excluding diaryl/α,β-unsaturated/α-hetero) is 1. The summed E-state index contributed by atoms with van der Waals surface area (Å²) in [7, 11) is 0. The lowest BCUT2D eigenvalue weighted by Gasteiger charge is -2.06. The van der Waals surface area contributed by atoms with E-state index in [1.807, 2.05) is 6.07 Å². The van der Waals surface area contributed by atoms with Crippen molar-refractivity contribution >= 4 is 40.3 Å². The maximum absolute atomic E-state index is 12.8. The van der Waals surface area contributed by atoms with Gasteiger partial charge in [-0.15, -0.1) is 11.3 Å². The van der Waals surface area contributed by atoms with Gasteiger partial charge in [0, 0.05) is 12.3 Å². The lowest BCUT2D eigenvalue weighted by molar-refractivity contribution is -0.582. The standard InChI is InChI=1S/C20H14ClN3O4S/c21-20-22-10-14(29-20)11-24-15-8-4-5-9-23(15)18(26)16(24)17(25)19(27)28-12-13-6-2-1-3-7-13/h1-10H,11-12H2. The minimum Gasteiger partial charge on any atom is -0.839 e. The number of pyridine rings is 1. The molecule has 1 aromatic carbocycles. The fourth-order valence-electron chi connectivity index (χ4n) is 2.95. The lowest BCUT2D eigenvalue weighted by Crippen LogP contribution is -2.25. The molecule has 29 heavy (non-hydrogen) atoms. The molecule has 0 unspecified atom stereocenters. The first kappa shape index (κ1) is 19.1. The van der Waals surface area contributed by atoms with E-state index in [0.29, 0.717) is 10.1 Å². The van der Waals surface area contributed by atoms with Gasteiger partial charge >= 0.3 is 11.8 Å². The Hall–Kier alpha value is -3.23. The van der Waals surface area contributed by atoms with Gasteiger partial charge in [0.15, 0.2) is 4.47 Å². The summed E-state index contributed by atoms with van der Waals surface area (Å²) >= 11 is 7.12. The summed E-state index contributed by atoms with van der Waals surface area (Å²) in [6, 6.07) is 14.1. The summed E-state index contributed by atoms with van der Waals surface area (Å²) in [5.41, 5.74) is 0.949. The molecule has 0 N–H and O–H groups in total. The summed E-state index contributed by atoms with van der Waals surface area (Å²) in [4.78, 5) is 29.9. The first-order chi connectivity index (χ1) is 14.0. The molecular weight excluding hydrogens is 414 g/mol. The molecule has 7 nitrogen and oxygen atoms in total. The fraction of sp³-hybridized carbons (Fsp3) is 0.100. The molecule has 3 aromatic heterocycles. The number of fused-ring (bicyclic) bond motifs is 1. The molecule has 0 aliphatic rings. The van der Waals surface area contributed by atoms with Crippen LogP contribution in [0.1, 0.15) is 20.9 Å². The van der Waals surface area contributed by atoms with Crippen LogP contribution in [-0.4, -0.2) is 21.3 Å². The van der Waals surface area contributed by atoms with E-state index in [1.54, 1.807) is 54.9 Å². The van der Waals surface area contributed by atoms with Crippen LogP contribution in [0.3, 0.4) is 0 Å². The summed E-state index contributed by atoms with van der Waals surface area (Å²) in [6.45, 7) is 0.116. The predicted octanol–water partition coefficient (Wildman–Crippen LogP) is 2.38. The molecule has 4 rings (SSSR count). The van der Waals surface area contributed by atoms with Gasteiger partial charge in [-0.2, -0.15) is 0 Å². The molecule has 146 valence electrons. The number of benzene rings is 1. The Morgan fingerprint density at radius 2 is 1.93 bits per heavy atom. The van der Waals surface area contributed by atoms with Crippen LogP contribution in [0.25, 0.3) is 5.65 Å². The number of hydrogen-bond acceptors (Lipinski definition) is 6.